The van der Waals surface area contributed by atoms with Crippen LogP contribution in [-0.4, -0.2) is 75.6 Å². The van der Waals surface area contributed by atoms with Gasteiger partial charge in [0.2, 0.25) is 0 Å². The van der Waals surface area contributed by atoms with E-state index in [-0.39, 0.29) is 10.7 Å². The first-order chi connectivity index (χ1) is 16.7. The minimum Gasteiger partial charge on any atom is -0.375 e. The van der Waals surface area contributed by atoms with Crippen LogP contribution in [0.1, 0.15) is 18.1 Å². The Hall–Kier alpha value is -2.98. The van der Waals surface area contributed by atoms with E-state index in [4.69, 9.17) is 18.0 Å². The summed E-state index contributed by atoms with van der Waals surface area (Å²) in [7, 11) is 2.14. The van der Waals surface area contributed by atoms with Crippen molar-refractivity contribution < 1.29 is 8.78 Å². The Labute approximate surface area is 211 Å². The summed E-state index contributed by atoms with van der Waals surface area (Å²) in [4.78, 5) is 9.24. The molecular weight excluding hydrogens is 468 g/mol. The lowest BCUT2D eigenvalue weighted by Crippen LogP contribution is -2.47. The van der Waals surface area contributed by atoms with Gasteiger partial charge < -0.3 is 25.3 Å². The molecule has 188 valence electrons. The predicted molar refractivity (Wildman–Crippen MR) is 144 cm³/mol. The minimum atomic E-state index is -2.84. The normalized spacial score (nSPS) is 17.8. The van der Waals surface area contributed by atoms with Gasteiger partial charge in [-0.15, -0.1) is 0 Å². The highest BCUT2D eigenvalue weighted by Crippen LogP contribution is 2.31. The zero-order valence-electron chi connectivity index (χ0n) is 20.3. The topological polar surface area (TPSA) is 63.4 Å². The van der Waals surface area contributed by atoms with Gasteiger partial charge in [0.15, 0.2) is 5.11 Å². The van der Waals surface area contributed by atoms with E-state index in [9.17, 15) is 8.78 Å². The molecule has 2 fully saturated rings. The molecular formula is C25H33F2N7S. The van der Waals surface area contributed by atoms with E-state index in [0.29, 0.717) is 0 Å². The number of likely N-dealkylation sites (N-methyl/N-ethyl adjacent to an activating group) is 1. The third-order valence-corrected chi connectivity index (χ3v) is 6.69. The molecule has 0 aromatic heterocycles. The van der Waals surface area contributed by atoms with Crippen LogP contribution in [0.3, 0.4) is 0 Å². The Balaban J connectivity index is 1.49. The summed E-state index contributed by atoms with van der Waals surface area (Å²) < 4.78 is 27.6. The SMILES string of the molecule is CN1CCN(c2cc(N3CCN(c4cccc(C(C)(F)F)c4)CC3)ccc2/C=N/NC(N)=S)CC1. The van der Waals surface area contributed by atoms with E-state index < -0.39 is 5.92 Å². The van der Waals surface area contributed by atoms with Crippen molar-refractivity contribution in [1.82, 2.24) is 10.3 Å². The minimum absolute atomic E-state index is 0.0522. The molecule has 0 bridgehead atoms. The van der Waals surface area contributed by atoms with Gasteiger partial charge in [-0.05, 0) is 49.6 Å². The van der Waals surface area contributed by atoms with E-state index in [2.05, 4.69) is 55.4 Å². The number of hydrazone groups is 1. The number of hydrogen-bond donors (Lipinski definition) is 2. The highest BCUT2D eigenvalue weighted by Gasteiger charge is 2.26. The number of nitrogens with zero attached hydrogens (tertiary/aromatic N) is 5. The van der Waals surface area contributed by atoms with Crippen LogP contribution in [0.25, 0.3) is 0 Å². The molecule has 0 unspecified atom stereocenters. The summed E-state index contributed by atoms with van der Waals surface area (Å²) >= 11 is 4.85. The van der Waals surface area contributed by atoms with Crippen LogP contribution in [0.2, 0.25) is 0 Å². The van der Waals surface area contributed by atoms with Crippen molar-refractivity contribution in [3.63, 3.8) is 0 Å². The number of benzene rings is 2. The van der Waals surface area contributed by atoms with E-state index in [1.807, 2.05) is 6.07 Å². The number of hydrogen-bond acceptors (Lipinski definition) is 6. The number of nitrogens with two attached hydrogens (primary N) is 1. The fourth-order valence-corrected chi connectivity index (χ4v) is 4.58. The van der Waals surface area contributed by atoms with Gasteiger partial charge in [-0.25, -0.2) is 8.78 Å². The lowest BCUT2D eigenvalue weighted by Gasteiger charge is -2.39. The molecule has 35 heavy (non-hydrogen) atoms. The Kier molecular flexibility index (Phi) is 7.71. The lowest BCUT2D eigenvalue weighted by molar-refractivity contribution is 0.0175. The second-order valence-corrected chi connectivity index (χ2v) is 9.62. The maximum absolute atomic E-state index is 13.8. The number of thiocarbonyl (C=S) groups is 1. The van der Waals surface area contributed by atoms with Crippen molar-refractivity contribution in [3.8, 4) is 0 Å². The number of rotatable bonds is 6. The number of alkyl halides is 2. The molecule has 3 N–H and O–H groups in total. The molecule has 2 aromatic carbocycles. The van der Waals surface area contributed by atoms with Crippen LogP contribution in [0, 0.1) is 0 Å². The molecule has 4 rings (SSSR count). The van der Waals surface area contributed by atoms with Gasteiger partial charge >= 0.3 is 0 Å². The highest BCUT2D eigenvalue weighted by atomic mass is 32.1. The van der Waals surface area contributed by atoms with Crippen molar-refractivity contribution in [1.29, 1.82) is 0 Å². The van der Waals surface area contributed by atoms with Crippen molar-refractivity contribution in [2.45, 2.75) is 12.8 Å². The fraction of sp³-hybridized carbons (Fsp3) is 0.440. The van der Waals surface area contributed by atoms with Crippen molar-refractivity contribution in [2.75, 3.05) is 74.1 Å². The van der Waals surface area contributed by atoms with Gasteiger partial charge in [0, 0.05) is 87.5 Å². The lowest BCUT2D eigenvalue weighted by atomic mass is 10.1. The number of piperazine rings is 2. The van der Waals surface area contributed by atoms with Gasteiger partial charge in [0.05, 0.1) is 6.21 Å². The summed E-state index contributed by atoms with van der Waals surface area (Å²) in [5.74, 6) is -2.84. The largest absolute Gasteiger partial charge is 0.375 e. The Bertz CT molecular complexity index is 1060. The van der Waals surface area contributed by atoms with Crippen LogP contribution < -0.4 is 25.9 Å². The highest BCUT2D eigenvalue weighted by molar-refractivity contribution is 7.80. The fourth-order valence-electron chi connectivity index (χ4n) is 4.52. The molecule has 2 heterocycles. The third-order valence-electron chi connectivity index (χ3n) is 6.60. The summed E-state index contributed by atoms with van der Waals surface area (Å²) in [5, 5.41) is 4.30. The first-order valence-electron chi connectivity index (χ1n) is 11.8. The zero-order valence-corrected chi connectivity index (χ0v) is 21.1. The summed E-state index contributed by atoms with van der Waals surface area (Å²) in [5.41, 5.74) is 12.3. The van der Waals surface area contributed by atoms with Crippen molar-refractivity contribution in [2.24, 2.45) is 10.8 Å². The van der Waals surface area contributed by atoms with Crippen LogP contribution in [0.5, 0.6) is 0 Å². The van der Waals surface area contributed by atoms with Gasteiger partial charge in [0.1, 0.15) is 0 Å². The molecule has 0 saturated carbocycles. The molecule has 7 nitrogen and oxygen atoms in total. The monoisotopic (exact) mass is 501 g/mol. The van der Waals surface area contributed by atoms with Crippen molar-refractivity contribution >= 4 is 40.6 Å². The van der Waals surface area contributed by atoms with E-state index in [0.717, 1.165) is 81.9 Å². The maximum atomic E-state index is 13.8. The summed E-state index contributed by atoms with van der Waals surface area (Å²) in [6.45, 7) is 7.98. The molecule has 0 amide bonds. The first-order valence-corrected chi connectivity index (χ1v) is 12.3. The standard InChI is InChI=1S/C25H33F2N7S/c1-25(26,27)20-4-3-5-21(16-20)32-12-14-33(15-13-32)22-7-6-19(18-29-30-24(28)35)23(17-22)34-10-8-31(2)9-11-34/h3-7,16-18H,8-15H2,1-2H3,(H3,28,30,35)/b29-18+. The third kappa shape index (κ3) is 6.37. The first kappa shape index (κ1) is 25.1. The van der Waals surface area contributed by atoms with Gasteiger partial charge in [0.25, 0.3) is 5.92 Å². The van der Waals surface area contributed by atoms with Crippen molar-refractivity contribution in [3.05, 3.63) is 53.6 Å². The number of anilines is 3. The molecule has 0 spiro atoms. The second-order valence-electron chi connectivity index (χ2n) is 9.18. The Morgan fingerprint density at radius 3 is 2.14 bits per heavy atom. The molecule has 2 saturated heterocycles. The smallest absolute Gasteiger partial charge is 0.270 e. The molecule has 0 atom stereocenters. The molecule has 0 radical (unpaired) electrons. The Morgan fingerprint density at radius 1 is 0.943 bits per heavy atom. The molecule has 2 aliphatic heterocycles. The quantitative estimate of drug-likeness (QED) is 0.358. The molecule has 10 heteroatoms. The Morgan fingerprint density at radius 2 is 1.54 bits per heavy atom. The summed E-state index contributed by atoms with van der Waals surface area (Å²) in [6, 6.07) is 13.1. The predicted octanol–water partition coefficient (Wildman–Crippen LogP) is 3.04. The van der Waals surface area contributed by atoms with E-state index >= 15 is 0 Å². The number of nitrogens with one attached hydrogen (secondary N) is 1. The average Bonchev–Trinajstić information content (AvgIpc) is 2.84. The zero-order chi connectivity index (χ0) is 25.0. The van der Waals surface area contributed by atoms with E-state index in [1.165, 1.54) is 6.07 Å². The van der Waals surface area contributed by atoms with Crippen LogP contribution in [0.15, 0.2) is 47.6 Å². The molecule has 2 aromatic rings. The summed E-state index contributed by atoms with van der Waals surface area (Å²) in [6.07, 6.45) is 1.75. The second kappa shape index (κ2) is 10.7. The average molecular weight is 502 g/mol. The van der Waals surface area contributed by atoms with Gasteiger partial charge in [-0.2, -0.15) is 5.10 Å². The molecule has 2 aliphatic rings. The maximum Gasteiger partial charge on any atom is 0.270 e. The van der Waals surface area contributed by atoms with Gasteiger partial charge in [-0.1, -0.05) is 12.1 Å². The van der Waals surface area contributed by atoms with Crippen LogP contribution >= 0.6 is 12.2 Å². The van der Waals surface area contributed by atoms with Gasteiger partial charge in [-0.3, -0.25) is 5.43 Å². The van der Waals surface area contributed by atoms with Crippen LogP contribution in [0.4, 0.5) is 25.8 Å². The number of halogens is 2. The van der Waals surface area contributed by atoms with Crippen LogP contribution in [-0.2, 0) is 5.92 Å². The van der Waals surface area contributed by atoms with E-state index in [1.54, 1.807) is 18.3 Å². The molecule has 0 aliphatic carbocycles.